The van der Waals surface area contributed by atoms with Crippen molar-refractivity contribution >= 4 is 5.91 Å². The van der Waals surface area contributed by atoms with Gasteiger partial charge in [-0.25, -0.2) is 0 Å². The second kappa shape index (κ2) is 9.03. The first-order valence-corrected chi connectivity index (χ1v) is 10.5. The number of nitrogens with zero attached hydrogens (tertiary/aromatic N) is 4. The fraction of sp³-hybridized carbons (Fsp3) is 0.375. The molecular weight excluding hydrogens is 360 g/mol. The van der Waals surface area contributed by atoms with Gasteiger partial charge in [-0.1, -0.05) is 36.4 Å². The van der Waals surface area contributed by atoms with Crippen LogP contribution >= 0.6 is 0 Å². The van der Waals surface area contributed by atoms with E-state index in [0.29, 0.717) is 26.1 Å². The number of pyridine rings is 1. The highest BCUT2D eigenvalue weighted by Crippen LogP contribution is 2.21. The predicted molar refractivity (Wildman–Crippen MR) is 113 cm³/mol. The maximum Gasteiger partial charge on any atom is 0.225 e. The largest absolute Gasteiger partial charge is 0.332 e. The van der Waals surface area contributed by atoms with Gasteiger partial charge in [0, 0.05) is 30.9 Å². The third-order valence-electron chi connectivity index (χ3n) is 5.55. The van der Waals surface area contributed by atoms with E-state index in [9.17, 15) is 4.79 Å². The van der Waals surface area contributed by atoms with E-state index in [-0.39, 0.29) is 5.91 Å². The normalized spacial score (nSPS) is 13.1. The van der Waals surface area contributed by atoms with E-state index >= 15 is 0 Å². The number of hydrogen-bond acceptors (Lipinski definition) is 3. The third kappa shape index (κ3) is 4.91. The Morgan fingerprint density at radius 3 is 2.69 bits per heavy atom. The van der Waals surface area contributed by atoms with Crippen molar-refractivity contribution in [3.05, 3.63) is 82.9 Å². The number of carbonyl (C=O) groups is 1. The molecule has 2 aromatic heterocycles. The summed E-state index contributed by atoms with van der Waals surface area (Å²) in [7, 11) is 0. The van der Waals surface area contributed by atoms with Crippen molar-refractivity contribution in [2.75, 3.05) is 0 Å². The first-order valence-electron chi connectivity index (χ1n) is 10.5. The predicted octanol–water partition coefficient (Wildman–Crippen LogP) is 4.08. The zero-order valence-electron chi connectivity index (χ0n) is 17.1. The first-order chi connectivity index (χ1) is 14.2. The number of aryl methyl sites for hydroxylation is 3. The highest BCUT2D eigenvalue weighted by Gasteiger charge is 2.18. The molecule has 0 saturated heterocycles. The van der Waals surface area contributed by atoms with E-state index in [1.165, 1.54) is 24.1 Å². The lowest BCUT2D eigenvalue weighted by Gasteiger charge is -2.23. The summed E-state index contributed by atoms with van der Waals surface area (Å²) in [6.07, 6.45) is 7.08. The number of hydrogen-bond donors (Lipinski definition) is 0. The fourth-order valence-corrected chi connectivity index (χ4v) is 4.03. The first kappa shape index (κ1) is 19.4. The summed E-state index contributed by atoms with van der Waals surface area (Å²) in [4.78, 5) is 19.7. The van der Waals surface area contributed by atoms with Gasteiger partial charge in [-0.15, -0.1) is 0 Å². The summed E-state index contributed by atoms with van der Waals surface area (Å²) in [5.41, 5.74) is 5.70. The zero-order chi connectivity index (χ0) is 20.1. The molecule has 29 heavy (non-hydrogen) atoms. The molecule has 0 atom stereocenters. The zero-order valence-corrected chi connectivity index (χ0v) is 17.1. The van der Waals surface area contributed by atoms with E-state index < -0.39 is 0 Å². The van der Waals surface area contributed by atoms with E-state index in [0.717, 1.165) is 29.8 Å². The molecule has 0 saturated carbocycles. The van der Waals surface area contributed by atoms with Crippen LogP contribution in [0.5, 0.6) is 0 Å². The third-order valence-corrected chi connectivity index (χ3v) is 5.55. The monoisotopic (exact) mass is 388 g/mol. The van der Waals surface area contributed by atoms with Gasteiger partial charge in [0.2, 0.25) is 5.91 Å². The van der Waals surface area contributed by atoms with Crippen LogP contribution in [0.3, 0.4) is 0 Å². The Hall–Kier alpha value is -2.95. The van der Waals surface area contributed by atoms with Crippen molar-refractivity contribution < 1.29 is 4.79 Å². The molecule has 5 nitrogen and oxygen atoms in total. The molecule has 1 aliphatic rings. The van der Waals surface area contributed by atoms with Crippen LogP contribution in [0.1, 0.15) is 47.5 Å². The summed E-state index contributed by atoms with van der Waals surface area (Å²) in [5.74, 6) is 0.136. The Labute approximate surface area is 172 Å². The van der Waals surface area contributed by atoms with Crippen LogP contribution in [0.2, 0.25) is 0 Å². The molecular formula is C24H28N4O. The quantitative estimate of drug-likeness (QED) is 0.613. The number of fused-ring (bicyclic) bond motifs is 1. The minimum Gasteiger partial charge on any atom is -0.332 e. The molecule has 4 rings (SSSR count). The fourth-order valence-electron chi connectivity index (χ4n) is 4.03. The van der Waals surface area contributed by atoms with Gasteiger partial charge in [0.25, 0.3) is 0 Å². The average Bonchev–Trinajstić information content (AvgIpc) is 3.15. The summed E-state index contributed by atoms with van der Waals surface area (Å²) in [6.45, 7) is 3.73. The molecule has 1 aromatic carbocycles. The molecule has 0 N–H and O–H groups in total. The summed E-state index contributed by atoms with van der Waals surface area (Å²) < 4.78 is 2.04. The second-order valence-electron chi connectivity index (χ2n) is 7.80. The van der Waals surface area contributed by atoms with E-state index in [1.807, 2.05) is 59.1 Å². The van der Waals surface area contributed by atoms with Crippen molar-refractivity contribution in [2.45, 2.75) is 58.7 Å². The van der Waals surface area contributed by atoms with Crippen LogP contribution in [-0.2, 0) is 37.3 Å². The van der Waals surface area contributed by atoms with Crippen LogP contribution in [0.25, 0.3) is 0 Å². The Kier molecular flexibility index (Phi) is 6.03. The van der Waals surface area contributed by atoms with Crippen molar-refractivity contribution in [1.82, 2.24) is 19.7 Å². The lowest BCUT2D eigenvalue weighted by Crippen LogP contribution is -2.31. The lowest BCUT2D eigenvalue weighted by molar-refractivity contribution is -0.132. The minimum atomic E-state index is 0.136. The molecule has 0 aliphatic heterocycles. The Balaban J connectivity index is 1.47. The topological polar surface area (TPSA) is 51.0 Å². The Morgan fingerprint density at radius 1 is 1.03 bits per heavy atom. The van der Waals surface area contributed by atoms with Gasteiger partial charge in [0.1, 0.15) is 0 Å². The van der Waals surface area contributed by atoms with Gasteiger partial charge in [0.05, 0.1) is 18.4 Å². The molecule has 1 amide bonds. The molecule has 0 spiro atoms. The van der Waals surface area contributed by atoms with Crippen molar-refractivity contribution in [2.24, 2.45) is 0 Å². The maximum atomic E-state index is 13.2. The molecule has 1 aliphatic carbocycles. The smallest absolute Gasteiger partial charge is 0.225 e. The molecule has 0 unspecified atom stereocenters. The number of rotatable bonds is 7. The number of amides is 1. The van der Waals surface area contributed by atoms with Crippen LogP contribution in [0, 0.1) is 6.92 Å². The molecule has 3 aromatic rings. The summed E-state index contributed by atoms with van der Waals surface area (Å²) in [6, 6.07) is 16.1. The SMILES string of the molecule is Cc1cccc(CN(Cc2ccccc2)C(=O)CCn2ncc3c2CCCC3)n1. The molecule has 0 radical (unpaired) electrons. The van der Waals surface area contributed by atoms with E-state index in [4.69, 9.17) is 0 Å². The minimum absolute atomic E-state index is 0.136. The van der Waals surface area contributed by atoms with Crippen LogP contribution in [-0.4, -0.2) is 25.6 Å². The highest BCUT2D eigenvalue weighted by atomic mass is 16.2. The van der Waals surface area contributed by atoms with Gasteiger partial charge in [-0.05, 0) is 55.9 Å². The Bertz CT molecular complexity index is 964. The van der Waals surface area contributed by atoms with E-state index in [1.54, 1.807) is 0 Å². The van der Waals surface area contributed by atoms with Crippen LogP contribution in [0.15, 0.2) is 54.7 Å². The van der Waals surface area contributed by atoms with Gasteiger partial charge < -0.3 is 4.90 Å². The molecule has 5 heteroatoms. The van der Waals surface area contributed by atoms with Crippen LogP contribution < -0.4 is 0 Å². The van der Waals surface area contributed by atoms with Crippen LogP contribution in [0.4, 0.5) is 0 Å². The van der Waals surface area contributed by atoms with Gasteiger partial charge in [-0.2, -0.15) is 5.10 Å². The average molecular weight is 389 g/mol. The lowest BCUT2D eigenvalue weighted by atomic mass is 9.98. The van der Waals surface area contributed by atoms with E-state index in [2.05, 4.69) is 22.2 Å². The number of benzene rings is 1. The Morgan fingerprint density at radius 2 is 1.86 bits per heavy atom. The van der Waals surface area contributed by atoms with Crippen molar-refractivity contribution in [3.8, 4) is 0 Å². The van der Waals surface area contributed by atoms with Crippen molar-refractivity contribution in [1.29, 1.82) is 0 Å². The van der Waals surface area contributed by atoms with Crippen molar-refractivity contribution in [3.63, 3.8) is 0 Å². The van der Waals surface area contributed by atoms with Gasteiger partial charge in [-0.3, -0.25) is 14.5 Å². The summed E-state index contributed by atoms with van der Waals surface area (Å²) >= 11 is 0. The summed E-state index contributed by atoms with van der Waals surface area (Å²) in [5, 5.41) is 4.54. The molecule has 150 valence electrons. The molecule has 2 heterocycles. The molecule has 0 bridgehead atoms. The van der Waals surface area contributed by atoms with Gasteiger partial charge in [0.15, 0.2) is 0 Å². The number of carbonyl (C=O) groups excluding carboxylic acids is 1. The standard InChI is InChI=1S/C24H28N4O/c1-19-8-7-12-22(26-19)18-27(17-20-9-3-2-4-10-20)24(29)14-15-28-23-13-6-5-11-21(23)16-25-28/h2-4,7-10,12,16H,5-6,11,13-15,17-18H2,1H3. The van der Waals surface area contributed by atoms with Gasteiger partial charge >= 0.3 is 0 Å². The highest BCUT2D eigenvalue weighted by molar-refractivity contribution is 5.76. The molecule has 0 fully saturated rings. The second-order valence-corrected chi connectivity index (χ2v) is 7.80. The maximum absolute atomic E-state index is 13.2. The number of aromatic nitrogens is 3.